The molecule has 1 atom stereocenters. The fraction of sp³-hybridized carbons (Fsp3) is 0.611. The molecule has 0 aliphatic heterocycles. The fourth-order valence-electron chi connectivity index (χ4n) is 2.20. The van der Waals surface area contributed by atoms with Crippen LogP contribution in [0.4, 0.5) is 0 Å². The zero-order chi connectivity index (χ0) is 15.3. The molecule has 0 saturated carbocycles. The van der Waals surface area contributed by atoms with E-state index in [-0.39, 0.29) is 18.7 Å². The Labute approximate surface area is 128 Å². The largest absolute Gasteiger partial charge is 0.351 e. The van der Waals surface area contributed by atoms with Crippen LogP contribution in [0.25, 0.3) is 0 Å². The van der Waals surface area contributed by atoms with Crippen LogP contribution in [-0.4, -0.2) is 18.7 Å². The number of Topliss-reactive ketones (excluding diaryl/α,β-unsaturated/α-hetero) is 1. The lowest BCUT2D eigenvalue weighted by molar-refractivity contribution is -0.142. The molecule has 0 aliphatic carbocycles. The molecular weight excluding hydrogens is 264 g/mol. The second-order valence-electron chi connectivity index (χ2n) is 5.42. The van der Waals surface area contributed by atoms with Crippen LogP contribution >= 0.6 is 0 Å². The zero-order valence-electron chi connectivity index (χ0n) is 13.3. The Kier molecular flexibility index (Phi) is 9.75. The first kappa shape index (κ1) is 17.9. The van der Waals surface area contributed by atoms with E-state index in [4.69, 9.17) is 9.47 Å². The van der Waals surface area contributed by atoms with Crippen LogP contribution in [0.2, 0.25) is 0 Å². The molecule has 118 valence electrons. The molecular formula is C18H28O3. The van der Waals surface area contributed by atoms with Gasteiger partial charge in [-0.15, -0.1) is 0 Å². The van der Waals surface area contributed by atoms with Crippen LogP contribution in [0, 0.1) is 0 Å². The summed E-state index contributed by atoms with van der Waals surface area (Å²) in [6, 6.07) is 9.96. The molecule has 0 amide bonds. The third kappa shape index (κ3) is 8.64. The second-order valence-corrected chi connectivity index (χ2v) is 5.42. The molecule has 21 heavy (non-hydrogen) atoms. The summed E-state index contributed by atoms with van der Waals surface area (Å²) >= 11 is 0. The van der Waals surface area contributed by atoms with Crippen molar-refractivity contribution in [2.75, 3.05) is 6.79 Å². The van der Waals surface area contributed by atoms with Crippen molar-refractivity contribution in [2.45, 2.75) is 65.1 Å². The van der Waals surface area contributed by atoms with Crippen LogP contribution in [0.5, 0.6) is 0 Å². The number of unbranched alkanes of at least 4 members (excludes halogenated alkanes) is 4. The lowest BCUT2D eigenvalue weighted by Gasteiger charge is -2.15. The Balaban J connectivity index is 2.14. The quantitative estimate of drug-likeness (QED) is 0.420. The van der Waals surface area contributed by atoms with Gasteiger partial charge in [0.15, 0.2) is 5.78 Å². The number of hydrogen-bond donors (Lipinski definition) is 0. The number of rotatable bonds is 12. The second kappa shape index (κ2) is 11.5. The van der Waals surface area contributed by atoms with Crippen molar-refractivity contribution >= 4 is 5.78 Å². The summed E-state index contributed by atoms with van der Waals surface area (Å²) in [5.74, 6) is 0.0915. The SMILES string of the molecule is CCCCCCC[C@@H](OCOCc1ccccc1)C(C)=O. The van der Waals surface area contributed by atoms with Crippen molar-refractivity contribution in [1.29, 1.82) is 0 Å². The van der Waals surface area contributed by atoms with Gasteiger partial charge in [0.05, 0.1) is 6.61 Å². The molecule has 0 aliphatic rings. The third-order valence-electron chi connectivity index (χ3n) is 3.49. The zero-order valence-corrected chi connectivity index (χ0v) is 13.3. The third-order valence-corrected chi connectivity index (χ3v) is 3.49. The van der Waals surface area contributed by atoms with E-state index in [0.29, 0.717) is 6.61 Å². The van der Waals surface area contributed by atoms with Crippen LogP contribution in [0.15, 0.2) is 30.3 Å². The van der Waals surface area contributed by atoms with Crippen LogP contribution in [-0.2, 0) is 20.9 Å². The van der Waals surface area contributed by atoms with Gasteiger partial charge in [0.1, 0.15) is 12.9 Å². The highest BCUT2D eigenvalue weighted by Crippen LogP contribution is 2.11. The van der Waals surface area contributed by atoms with E-state index >= 15 is 0 Å². The van der Waals surface area contributed by atoms with Gasteiger partial charge in [-0.05, 0) is 18.9 Å². The number of ketones is 1. The lowest BCUT2D eigenvalue weighted by Crippen LogP contribution is -2.23. The molecule has 1 aromatic carbocycles. The summed E-state index contributed by atoms with van der Waals surface area (Å²) in [5, 5.41) is 0. The van der Waals surface area contributed by atoms with E-state index < -0.39 is 0 Å². The summed E-state index contributed by atoms with van der Waals surface area (Å²) < 4.78 is 11.0. The topological polar surface area (TPSA) is 35.5 Å². The molecule has 0 heterocycles. The molecule has 0 saturated heterocycles. The molecule has 0 fully saturated rings. The van der Waals surface area contributed by atoms with Crippen molar-refractivity contribution in [2.24, 2.45) is 0 Å². The predicted octanol–water partition coefficient (Wildman–Crippen LogP) is 4.50. The Bertz CT molecular complexity index is 375. The molecule has 0 bridgehead atoms. The summed E-state index contributed by atoms with van der Waals surface area (Å²) in [6.07, 6.45) is 6.45. The first-order valence-corrected chi connectivity index (χ1v) is 7.97. The van der Waals surface area contributed by atoms with Gasteiger partial charge in [-0.25, -0.2) is 0 Å². The number of carbonyl (C=O) groups excluding carboxylic acids is 1. The number of carbonyl (C=O) groups is 1. The van der Waals surface area contributed by atoms with Gasteiger partial charge in [-0.2, -0.15) is 0 Å². The molecule has 3 heteroatoms. The van der Waals surface area contributed by atoms with E-state index in [9.17, 15) is 4.79 Å². The van der Waals surface area contributed by atoms with Crippen molar-refractivity contribution in [3.05, 3.63) is 35.9 Å². The summed E-state index contributed by atoms with van der Waals surface area (Å²) in [5.41, 5.74) is 1.11. The van der Waals surface area contributed by atoms with Crippen LogP contribution in [0.3, 0.4) is 0 Å². The fourth-order valence-corrected chi connectivity index (χ4v) is 2.20. The molecule has 1 aromatic rings. The van der Waals surface area contributed by atoms with Crippen molar-refractivity contribution < 1.29 is 14.3 Å². The molecule has 0 aromatic heterocycles. The molecule has 0 N–H and O–H groups in total. The average molecular weight is 292 g/mol. The first-order valence-electron chi connectivity index (χ1n) is 7.97. The lowest BCUT2D eigenvalue weighted by atomic mass is 10.1. The molecule has 0 unspecified atom stereocenters. The maximum absolute atomic E-state index is 11.5. The molecule has 3 nitrogen and oxygen atoms in total. The molecule has 0 spiro atoms. The van der Waals surface area contributed by atoms with Crippen LogP contribution in [0.1, 0.15) is 57.9 Å². The summed E-state index contributed by atoms with van der Waals surface area (Å²) in [6.45, 7) is 4.48. The molecule has 1 rings (SSSR count). The highest BCUT2D eigenvalue weighted by molar-refractivity contribution is 5.80. The van der Waals surface area contributed by atoms with Crippen molar-refractivity contribution in [3.8, 4) is 0 Å². The van der Waals surface area contributed by atoms with Gasteiger partial charge < -0.3 is 9.47 Å². The van der Waals surface area contributed by atoms with Gasteiger partial charge in [-0.1, -0.05) is 69.4 Å². The summed E-state index contributed by atoms with van der Waals surface area (Å²) in [4.78, 5) is 11.5. The van der Waals surface area contributed by atoms with E-state index in [1.54, 1.807) is 6.92 Å². The minimum absolute atomic E-state index is 0.0915. The van der Waals surface area contributed by atoms with Gasteiger partial charge >= 0.3 is 0 Å². The van der Waals surface area contributed by atoms with E-state index in [2.05, 4.69) is 6.92 Å². The Morgan fingerprint density at radius 3 is 2.48 bits per heavy atom. The summed E-state index contributed by atoms with van der Waals surface area (Å²) in [7, 11) is 0. The monoisotopic (exact) mass is 292 g/mol. The Hall–Kier alpha value is -1.19. The van der Waals surface area contributed by atoms with E-state index in [0.717, 1.165) is 18.4 Å². The van der Waals surface area contributed by atoms with Gasteiger partial charge in [0.2, 0.25) is 0 Å². The highest BCUT2D eigenvalue weighted by atomic mass is 16.7. The number of hydrogen-bond acceptors (Lipinski definition) is 3. The maximum Gasteiger partial charge on any atom is 0.158 e. The minimum atomic E-state index is -0.317. The van der Waals surface area contributed by atoms with Gasteiger partial charge in [0, 0.05) is 0 Å². The van der Waals surface area contributed by atoms with Crippen molar-refractivity contribution in [1.82, 2.24) is 0 Å². The smallest absolute Gasteiger partial charge is 0.158 e. The highest BCUT2D eigenvalue weighted by Gasteiger charge is 2.14. The minimum Gasteiger partial charge on any atom is -0.351 e. The van der Waals surface area contributed by atoms with Crippen molar-refractivity contribution in [3.63, 3.8) is 0 Å². The normalized spacial score (nSPS) is 12.3. The number of ether oxygens (including phenoxy) is 2. The van der Waals surface area contributed by atoms with E-state index in [1.807, 2.05) is 30.3 Å². The van der Waals surface area contributed by atoms with Gasteiger partial charge in [0.25, 0.3) is 0 Å². The van der Waals surface area contributed by atoms with Crippen LogP contribution < -0.4 is 0 Å². The predicted molar refractivity (Wildman–Crippen MR) is 85.0 cm³/mol. The van der Waals surface area contributed by atoms with E-state index in [1.165, 1.54) is 25.7 Å². The number of benzene rings is 1. The van der Waals surface area contributed by atoms with Gasteiger partial charge in [-0.3, -0.25) is 4.79 Å². The molecule has 0 radical (unpaired) electrons. The standard InChI is InChI=1S/C18H28O3/c1-3-4-5-6-10-13-18(16(2)19)21-15-20-14-17-11-8-7-9-12-17/h7-9,11-12,18H,3-6,10,13-15H2,1-2H3/t18-/m1/s1. The average Bonchev–Trinajstić information content (AvgIpc) is 2.50. The first-order chi connectivity index (χ1) is 10.2. The Morgan fingerprint density at radius 2 is 1.81 bits per heavy atom. The maximum atomic E-state index is 11.5. The Morgan fingerprint density at radius 1 is 1.10 bits per heavy atom.